The van der Waals surface area contributed by atoms with Crippen molar-refractivity contribution >= 4 is 0 Å². The quantitative estimate of drug-likeness (QED) is 0.518. The third-order valence-corrected chi connectivity index (χ3v) is 10.8. The number of aliphatic hydroxyl groups is 2. The van der Waals surface area contributed by atoms with E-state index in [1.165, 1.54) is 37.7 Å². The van der Waals surface area contributed by atoms with E-state index in [1.54, 1.807) is 0 Å². The topological polar surface area (TPSA) is 53.0 Å². The van der Waals surface area contributed by atoms with Crippen LogP contribution in [-0.2, 0) is 4.74 Å². The minimum atomic E-state index is -0.138. The zero-order valence-corrected chi connectivity index (χ0v) is 18.9. The lowest BCUT2D eigenvalue weighted by molar-refractivity contribution is -0.0949. The van der Waals surface area contributed by atoms with Gasteiger partial charge >= 0.3 is 0 Å². The Kier molecular flexibility index (Phi) is 5.00. The van der Waals surface area contributed by atoms with Gasteiger partial charge in [-0.3, -0.25) is 0 Å². The third kappa shape index (κ3) is 2.86. The molecule has 1 aliphatic heterocycles. The number of rotatable bonds is 3. The lowest BCUT2D eigenvalue weighted by Gasteiger charge is -2.57. The fourth-order valence-corrected chi connectivity index (χ4v) is 9.32. The molecule has 4 aliphatic carbocycles. The first-order valence-electron chi connectivity index (χ1n) is 12.5. The van der Waals surface area contributed by atoms with Gasteiger partial charge < -0.3 is 14.9 Å². The maximum absolute atomic E-state index is 10.5. The first-order chi connectivity index (χ1) is 13.8. The number of epoxide rings is 1. The number of fused-ring (bicyclic) bond motifs is 7. The van der Waals surface area contributed by atoms with E-state index in [0.29, 0.717) is 47.4 Å². The first-order valence-corrected chi connectivity index (χ1v) is 12.5. The standard InChI is InChI=1S/C26H42O3/c1-5-17-21-14-16(28)8-11-26(21,4)20-9-12-25(3)18(15(2)10-13-27)6-7-19(25)22(20)24-23(17)29-24/h5,15-16,18-24,27-28H,6-14H2,1-4H3/b17-5-/t15-,16-,18-,19+,20+,21?,22+,23?,24?,25-,26?/m1/s1. The van der Waals surface area contributed by atoms with Crippen LogP contribution in [0, 0.1) is 46.3 Å². The highest BCUT2D eigenvalue weighted by atomic mass is 16.6. The molecule has 2 N–H and O–H groups in total. The van der Waals surface area contributed by atoms with Crippen molar-refractivity contribution < 1.29 is 14.9 Å². The van der Waals surface area contributed by atoms with Crippen molar-refractivity contribution in [3.8, 4) is 0 Å². The molecule has 0 radical (unpaired) electrons. The van der Waals surface area contributed by atoms with E-state index in [-0.39, 0.29) is 6.10 Å². The summed E-state index contributed by atoms with van der Waals surface area (Å²) in [7, 11) is 0. The highest BCUT2D eigenvalue weighted by molar-refractivity contribution is 5.29. The highest BCUT2D eigenvalue weighted by Crippen LogP contribution is 2.70. The molecular weight excluding hydrogens is 360 g/mol. The molecule has 5 fully saturated rings. The molecule has 1 saturated heterocycles. The van der Waals surface area contributed by atoms with Crippen LogP contribution in [0.3, 0.4) is 0 Å². The molecule has 0 aromatic rings. The van der Waals surface area contributed by atoms with Gasteiger partial charge in [0.15, 0.2) is 0 Å². The van der Waals surface area contributed by atoms with Crippen LogP contribution in [0.25, 0.3) is 0 Å². The Morgan fingerprint density at radius 3 is 2.55 bits per heavy atom. The SMILES string of the molecule is C/C=C1\C2OC2[C@@H]2[C@H](CC[C@]3(C)[C@@H]([C@H](C)CCO)CC[C@@H]23)C2(C)CC[C@@H](O)CC12. The van der Waals surface area contributed by atoms with E-state index in [0.717, 1.165) is 37.0 Å². The maximum Gasteiger partial charge on any atom is 0.106 e. The number of ether oxygens (including phenoxy) is 1. The Labute approximate surface area is 177 Å². The second kappa shape index (κ2) is 7.07. The summed E-state index contributed by atoms with van der Waals surface area (Å²) in [5, 5.41) is 20.1. The lowest BCUT2D eigenvalue weighted by atomic mass is 9.48. The van der Waals surface area contributed by atoms with Crippen LogP contribution in [0.1, 0.15) is 79.1 Å². The van der Waals surface area contributed by atoms with Crippen molar-refractivity contribution in [1.82, 2.24) is 0 Å². The lowest BCUT2D eigenvalue weighted by Crippen LogP contribution is -2.52. The average molecular weight is 403 g/mol. The van der Waals surface area contributed by atoms with Crippen LogP contribution in [0.4, 0.5) is 0 Å². The fourth-order valence-electron chi connectivity index (χ4n) is 9.32. The third-order valence-electron chi connectivity index (χ3n) is 10.8. The molecule has 11 atom stereocenters. The van der Waals surface area contributed by atoms with Crippen LogP contribution < -0.4 is 0 Å². The summed E-state index contributed by atoms with van der Waals surface area (Å²) >= 11 is 0. The molecule has 29 heavy (non-hydrogen) atoms. The van der Waals surface area contributed by atoms with E-state index in [2.05, 4.69) is 33.8 Å². The van der Waals surface area contributed by atoms with E-state index < -0.39 is 0 Å². The fraction of sp³-hybridized carbons (Fsp3) is 0.923. The number of allylic oxidation sites excluding steroid dienone is 1. The molecule has 5 aliphatic rings. The Morgan fingerprint density at radius 2 is 1.83 bits per heavy atom. The maximum atomic E-state index is 10.5. The van der Waals surface area contributed by atoms with Gasteiger partial charge in [0.05, 0.1) is 12.2 Å². The Morgan fingerprint density at radius 1 is 1.10 bits per heavy atom. The van der Waals surface area contributed by atoms with Gasteiger partial charge in [-0.05, 0) is 110 Å². The van der Waals surface area contributed by atoms with Crippen molar-refractivity contribution in [3.63, 3.8) is 0 Å². The molecule has 0 aromatic heterocycles. The second-order valence-electron chi connectivity index (χ2n) is 11.8. The first kappa shape index (κ1) is 20.5. The van der Waals surface area contributed by atoms with Gasteiger partial charge in [0.2, 0.25) is 0 Å². The van der Waals surface area contributed by atoms with E-state index in [9.17, 15) is 10.2 Å². The molecule has 0 bridgehead atoms. The summed E-state index contributed by atoms with van der Waals surface area (Å²) in [6.45, 7) is 10.0. The van der Waals surface area contributed by atoms with Gasteiger partial charge in [-0.15, -0.1) is 0 Å². The van der Waals surface area contributed by atoms with E-state index in [1.807, 2.05) is 0 Å². The second-order valence-corrected chi connectivity index (χ2v) is 11.8. The zero-order chi connectivity index (χ0) is 20.6. The molecule has 0 spiro atoms. The van der Waals surface area contributed by atoms with Crippen molar-refractivity contribution in [2.75, 3.05) is 6.61 Å². The predicted molar refractivity (Wildman–Crippen MR) is 115 cm³/mol. The molecule has 5 rings (SSSR count). The van der Waals surface area contributed by atoms with Gasteiger partial charge in [-0.2, -0.15) is 0 Å². The van der Waals surface area contributed by atoms with Crippen molar-refractivity contribution in [2.45, 2.75) is 97.4 Å². The van der Waals surface area contributed by atoms with E-state index in [4.69, 9.17) is 4.74 Å². The highest BCUT2D eigenvalue weighted by Gasteiger charge is 2.67. The summed E-state index contributed by atoms with van der Waals surface area (Å²) in [4.78, 5) is 0. The molecule has 3 nitrogen and oxygen atoms in total. The summed E-state index contributed by atoms with van der Waals surface area (Å²) in [6, 6.07) is 0. The van der Waals surface area contributed by atoms with Crippen molar-refractivity contribution in [2.24, 2.45) is 46.3 Å². The molecular formula is C26H42O3. The monoisotopic (exact) mass is 402 g/mol. The van der Waals surface area contributed by atoms with Crippen molar-refractivity contribution in [3.05, 3.63) is 11.6 Å². The normalized spacial score (nSPS) is 56.0. The molecule has 0 amide bonds. The van der Waals surface area contributed by atoms with Crippen LogP contribution in [0.5, 0.6) is 0 Å². The molecule has 164 valence electrons. The number of hydrogen-bond donors (Lipinski definition) is 2. The van der Waals surface area contributed by atoms with Gasteiger partial charge in [0.1, 0.15) is 6.10 Å². The predicted octanol–water partition coefficient (Wildman–Crippen LogP) is 4.96. The van der Waals surface area contributed by atoms with Gasteiger partial charge in [-0.1, -0.05) is 26.8 Å². The summed E-state index contributed by atoms with van der Waals surface area (Å²) in [5.41, 5.74) is 2.24. The van der Waals surface area contributed by atoms with Crippen LogP contribution >= 0.6 is 0 Å². The van der Waals surface area contributed by atoms with Crippen LogP contribution in [0.15, 0.2) is 11.6 Å². The molecule has 1 heterocycles. The van der Waals surface area contributed by atoms with Crippen molar-refractivity contribution in [1.29, 1.82) is 0 Å². The summed E-state index contributed by atoms with van der Waals surface area (Å²) in [6.07, 6.45) is 12.3. The van der Waals surface area contributed by atoms with Crippen LogP contribution in [-0.4, -0.2) is 35.1 Å². The van der Waals surface area contributed by atoms with Crippen LogP contribution in [0.2, 0.25) is 0 Å². The zero-order valence-electron chi connectivity index (χ0n) is 18.9. The summed E-state index contributed by atoms with van der Waals surface area (Å²) in [5.74, 6) is 4.05. The summed E-state index contributed by atoms with van der Waals surface area (Å²) < 4.78 is 6.47. The Hall–Kier alpha value is -0.380. The smallest absolute Gasteiger partial charge is 0.106 e. The molecule has 0 aromatic carbocycles. The minimum absolute atomic E-state index is 0.138. The number of aliphatic hydroxyl groups excluding tert-OH is 2. The van der Waals surface area contributed by atoms with E-state index >= 15 is 0 Å². The van der Waals surface area contributed by atoms with Gasteiger partial charge in [-0.25, -0.2) is 0 Å². The molecule has 3 heteroatoms. The number of hydrogen-bond acceptors (Lipinski definition) is 3. The largest absolute Gasteiger partial charge is 0.396 e. The Balaban J connectivity index is 1.51. The molecule has 4 saturated carbocycles. The van der Waals surface area contributed by atoms with Gasteiger partial charge in [0, 0.05) is 6.61 Å². The Bertz CT molecular complexity index is 673. The minimum Gasteiger partial charge on any atom is -0.396 e. The van der Waals surface area contributed by atoms with Gasteiger partial charge in [0.25, 0.3) is 0 Å². The average Bonchev–Trinajstić information content (AvgIpc) is 3.38. The molecule has 4 unspecified atom stereocenters.